The van der Waals surface area contributed by atoms with Crippen LogP contribution in [-0.2, 0) is 0 Å². The van der Waals surface area contributed by atoms with E-state index >= 15 is 0 Å². The van der Waals surface area contributed by atoms with Crippen molar-refractivity contribution in [3.63, 3.8) is 0 Å². The second kappa shape index (κ2) is 8.48. The van der Waals surface area contributed by atoms with E-state index in [0.29, 0.717) is 5.82 Å². The van der Waals surface area contributed by atoms with Crippen molar-refractivity contribution in [3.05, 3.63) is 72.1 Å². The molecule has 7 nitrogen and oxygen atoms in total. The van der Waals surface area contributed by atoms with E-state index in [9.17, 15) is 0 Å². The van der Waals surface area contributed by atoms with Gasteiger partial charge in [0.15, 0.2) is 0 Å². The first-order valence-corrected chi connectivity index (χ1v) is 7.96. The molecule has 0 aliphatic heterocycles. The van der Waals surface area contributed by atoms with E-state index in [1.165, 1.54) is 0 Å². The normalized spacial score (nSPS) is 11.8. The minimum Gasteiger partial charge on any atom is -0.385 e. The molecule has 0 spiro atoms. The van der Waals surface area contributed by atoms with Gasteiger partial charge in [0, 0.05) is 0 Å². The SMILES string of the molecule is C=C(N)N/N=C(\C)c1ccc(-c2ccc(/C(C)=N/N=C(N)N)cc2)cc1. The average Bonchev–Trinajstić information content (AvgIpc) is 2.64. The number of hydrogen-bond acceptors (Lipinski definition) is 5. The van der Waals surface area contributed by atoms with Gasteiger partial charge in [0.1, 0.15) is 5.82 Å². The van der Waals surface area contributed by atoms with Gasteiger partial charge in [-0.25, -0.2) is 0 Å². The third kappa shape index (κ3) is 5.20. The predicted molar refractivity (Wildman–Crippen MR) is 109 cm³/mol. The van der Waals surface area contributed by atoms with E-state index in [1.54, 1.807) is 0 Å². The van der Waals surface area contributed by atoms with Gasteiger partial charge in [0.2, 0.25) is 5.96 Å². The van der Waals surface area contributed by atoms with Crippen molar-refractivity contribution in [1.82, 2.24) is 5.43 Å². The Hall–Kier alpha value is -3.61. The van der Waals surface area contributed by atoms with E-state index in [-0.39, 0.29) is 5.96 Å². The van der Waals surface area contributed by atoms with E-state index in [0.717, 1.165) is 33.7 Å². The summed E-state index contributed by atoms with van der Waals surface area (Å²) in [6.07, 6.45) is 0. The van der Waals surface area contributed by atoms with Crippen LogP contribution in [0.25, 0.3) is 11.1 Å². The highest BCUT2D eigenvalue weighted by molar-refractivity contribution is 6.00. The van der Waals surface area contributed by atoms with Gasteiger partial charge in [0.05, 0.1) is 11.4 Å². The number of nitrogens with one attached hydrogen (secondary N) is 1. The molecule has 2 rings (SSSR count). The number of nitrogens with zero attached hydrogens (tertiary/aromatic N) is 3. The van der Waals surface area contributed by atoms with E-state index < -0.39 is 0 Å². The molecule has 0 amide bonds. The number of hydrogen-bond donors (Lipinski definition) is 4. The quantitative estimate of drug-likeness (QED) is 0.362. The van der Waals surface area contributed by atoms with E-state index in [2.05, 4.69) is 27.3 Å². The van der Waals surface area contributed by atoms with Gasteiger partial charge >= 0.3 is 0 Å². The van der Waals surface area contributed by atoms with Crippen LogP contribution in [-0.4, -0.2) is 17.4 Å². The first-order valence-electron chi connectivity index (χ1n) is 7.96. The highest BCUT2D eigenvalue weighted by Crippen LogP contribution is 2.21. The molecule has 7 N–H and O–H groups in total. The minimum atomic E-state index is -0.0640. The molecular formula is C19H23N7. The molecule has 7 heteroatoms. The molecule has 0 saturated carbocycles. The molecule has 0 atom stereocenters. The van der Waals surface area contributed by atoms with E-state index in [1.807, 2.05) is 62.4 Å². The van der Waals surface area contributed by atoms with Crippen molar-refractivity contribution in [2.24, 2.45) is 32.5 Å². The zero-order chi connectivity index (χ0) is 19.1. The Morgan fingerprint density at radius 2 is 1.23 bits per heavy atom. The zero-order valence-electron chi connectivity index (χ0n) is 14.9. The third-order valence-electron chi connectivity index (χ3n) is 3.62. The average molecular weight is 349 g/mol. The van der Waals surface area contributed by atoms with Crippen LogP contribution in [0.5, 0.6) is 0 Å². The Kier molecular flexibility index (Phi) is 6.10. The van der Waals surface area contributed by atoms with Gasteiger partial charge in [-0.2, -0.15) is 10.2 Å². The van der Waals surface area contributed by atoms with Crippen molar-refractivity contribution in [1.29, 1.82) is 0 Å². The molecule has 0 aromatic heterocycles. The van der Waals surface area contributed by atoms with Gasteiger partial charge in [0.25, 0.3) is 0 Å². The van der Waals surface area contributed by atoms with Crippen LogP contribution in [0.1, 0.15) is 25.0 Å². The molecule has 2 aromatic carbocycles. The Labute approximate surface area is 153 Å². The van der Waals surface area contributed by atoms with Crippen LogP contribution >= 0.6 is 0 Å². The van der Waals surface area contributed by atoms with Crippen molar-refractivity contribution in [2.75, 3.05) is 0 Å². The Morgan fingerprint density at radius 1 is 0.769 bits per heavy atom. The molecule has 0 saturated heterocycles. The van der Waals surface area contributed by atoms with Gasteiger partial charge in [-0.1, -0.05) is 55.1 Å². The molecule has 134 valence electrons. The second-order valence-electron chi connectivity index (χ2n) is 5.70. The summed E-state index contributed by atoms with van der Waals surface area (Å²) in [4.78, 5) is 0. The lowest BCUT2D eigenvalue weighted by atomic mass is 10.0. The Bertz CT molecular complexity index is 856. The molecule has 0 aliphatic carbocycles. The van der Waals surface area contributed by atoms with Crippen LogP contribution in [0.2, 0.25) is 0 Å². The van der Waals surface area contributed by atoms with Crippen molar-refractivity contribution >= 4 is 17.4 Å². The molecule has 0 unspecified atom stereocenters. The second-order valence-corrected chi connectivity index (χ2v) is 5.70. The summed E-state index contributed by atoms with van der Waals surface area (Å²) < 4.78 is 0. The maximum Gasteiger partial charge on any atom is 0.211 e. The van der Waals surface area contributed by atoms with Gasteiger partial charge < -0.3 is 17.2 Å². The number of rotatable bonds is 6. The van der Waals surface area contributed by atoms with Crippen molar-refractivity contribution in [2.45, 2.75) is 13.8 Å². The largest absolute Gasteiger partial charge is 0.385 e. The Balaban J connectivity index is 2.17. The third-order valence-corrected chi connectivity index (χ3v) is 3.62. The van der Waals surface area contributed by atoms with Crippen LogP contribution in [0.3, 0.4) is 0 Å². The molecule has 0 fully saturated rings. The molecular weight excluding hydrogens is 326 g/mol. The maximum absolute atomic E-state index is 5.45. The summed E-state index contributed by atoms with van der Waals surface area (Å²) in [5.74, 6) is 0.241. The summed E-state index contributed by atoms with van der Waals surface area (Å²) in [7, 11) is 0. The fourth-order valence-corrected chi connectivity index (χ4v) is 2.22. The molecule has 26 heavy (non-hydrogen) atoms. The molecule has 0 aliphatic rings. The molecule has 0 bridgehead atoms. The summed E-state index contributed by atoms with van der Waals surface area (Å²) in [5, 5.41) is 11.8. The summed E-state index contributed by atoms with van der Waals surface area (Å²) in [5.41, 5.74) is 24.4. The first kappa shape index (κ1) is 18.7. The lowest BCUT2D eigenvalue weighted by Gasteiger charge is -2.06. The number of nitrogens with two attached hydrogens (primary N) is 3. The fraction of sp³-hybridized carbons (Fsp3) is 0.105. The Morgan fingerprint density at radius 3 is 1.65 bits per heavy atom. The maximum atomic E-state index is 5.45. The van der Waals surface area contributed by atoms with Gasteiger partial charge in [-0.15, -0.1) is 5.10 Å². The van der Waals surface area contributed by atoms with Gasteiger partial charge in [-0.05, 0) is 36.1 Å². The predicted octanol–water partition coefficient (Wildman–Crippen LogP) is 2.09. The molecule has 0 heterocycles. The molecule has 2 aromatic rings. The smallest absolute Gasteiger partial charge is 0.211 e. The zero-order valence-corrected chi connectivity index (χ0v) is 14.9. The standard InChI is InChI=1S/C19H23N7/c1-12(23-25-14(3)20)15-4-8-17(9-5-15)18-10-6-16(7-11-18)13(2)24-26-19(21)22/h4-11,25H,3,20H2,1-2H3,(H4,21,22,26)/b23-12+,24-13+. The fourth-order valence-electron chi connectivity index (χ4n) is 2.22. The topological polar surface area (TPSA) is 127 Å². The van der Waals surface area contributed by atoms with Crippen molar-refractivity contribution < 1.29 is 0 Å². The summed E-state index contributed by atoms with van der Waals surface area (Å²) in [6.45, 7) is 7.30. The van der Waals surface area contributed by atoms with Crippen molar-refractivity contribution in [3.8, 4) is 11.1 Å². The lowest BCUT2D eigenvalue weighted by Crippen LogP contribution is -2.22. The van der Waals surface area contributed by atoms with E-state index in [4.69, 9.17) is 17.2 Å². The van der Waals surface area contributed by atoms with Gasteiger partial charge in [-0.3, -0.25) is 5.43 Å². The van der Waals surface area contributed by atoms with Crippen LogP contribution in [0.15, 0.2) is 76.2 Å². The first-order chi connectivity index (χ1) is 12.4. The monoisotopic (exact) mass is 349 g/mol. The number of benzene rings is 2. The minimum absolute atomic E-state index is 0.0640. The highest BCUT2D eigenvalue weighted by Gasteiger charge is 2.03. The highest BCUT2D eigenvalue weighted by atomic mass is 15.3. The summed E-state index contributed by atoms with van der Waals surface area (Å²) in [6, 6.07) is 16.1. The van der Waals surface area contributed by atoms with Crippen LogP contribution < -0.4 is 22.6 Å². The summed E-state index contributed by atoms with van der Waals surface area (Å²) >= 11 is 0. The molecule has 0 radical (unpaired) electrons. The number of hydrazone groups is 1. The van der Waals surface area contributed by atoms with Crippen LogP contribution in [0, 0.1) is 0 Å². The lowest BCUT2D eigenvalue weighted by molar-refractivity contribution is 0.875. The number of guanidine groups is 1. The van der Waals surface area contributed by atoms with Crippen LogP contribution in [0.4, 0.5) is 0 Å².